The lowest BCUT2D eigenvalue weighted by atomic mass is 9.78. The van der Waals surface area contributed by atoms with Gasteiger partial charge in [-0.3, -0.25) is 4.79 Å². The van der Waals surface area contributed by atoms with E-state index in [2.05, 4.69) is 24.5 Å². The van der Waals surface area contributed by atoms with Gasteiger partial charge in [0, 0.05) is 13.1 Å². The Morgan fingerprint density at radius 2 is 1.76 bits per heavy atom. The minimum Gasteiger partial charge on any atom is -0.481 e. The predicted molar refractivity (Wildman–Crippen MR) is 83.2 cm³/mol. The van der Waals surface area contributed by atoms with Gasteiger partial charge < -0.3 is 15.7 Å². The highest BCUT2D eigenvalue weighted by molar-refractivity contribution is 5.77. The van der Waals surface area contributed by atoms with E-state index in [0.29, 0.717) is 12.5 Å². The number of aliphatic carboxylic acids is 1. The Bertz CT molecular complexity index is 372. The third-order valence-electron chi connectivity index (χ3n) is 4.40. The SMILES string of the molecule is CC(C)CC1(CNC(=O)NCC(C)(C)C(=O)O)CCCC1. The molecule has 1 saturated carbocycles. The molecule has 1 rings (SSSR count). The van der Waals surface area contributed by atoms with Crippen LogP contribution in [0.3, 0.4) is 0 Å². The molecule has 0 aliphatic heterocycles. The largest absolute Gasteiger partial charge is 0.481 e. The minimum atomic E-state index is -0.944. The average molecular weight is 298 g/mol. The molecule has 122 valence electrons. The van der Waals surface area contributed by atoms with Crippen LogP contribution in [0.25, 0.3) is 0 Å². The molecule has 0 aromatic heterocycles. The number of hydrogen-bond donors (Lipinski definition) is 3. The van der Waals surface area contributed by atoms with Gasteiger partial charge >= 0.3 is 12.0 Å². The van der Waals surface area contributed by atoms with Crippen molar-refractivity contribution in [2.24, 2.45) is 16.7 Å². The van der Waals surface area contributed by atoms with Gasteiger partial charge in [0.2, 0.25) is 0 Å². The number of carbonyl (C=O) groups excluding carboxylic acids is 1. The van der Waals surface area contributed by atoms with E-state index in [1.165, 1.54) is 25.7 Å². The van der Waals surface area contributed by atoms with Crippen molar-refractivity contribution in [1.29, 1.82) is 0 Å². The second-order valence-corrected chi connectivity index (χ2v) is 7.53. The number of hydrogen-bond acceptors (Lipinski definition) is 2. The van der Waals surface area contributed by atoms with Crippen LogP contribution in [0.4, 0.5) is 4.79 Å². The second kappa shape index (κ2) is 7.14. The van der Waals surface area contributed by atoms with E-state index in [1.54, 1.807) is 13.8 Å². The molecule has 0 saturated heterocycles. The molecule has 21 heavy (non-hydrogen) atoms. The van der Waals surface area contributed by atoms with E-state index < -0.39 is 11.4 Å². The van der Waals surface area contributed by atoms with Crippen LogP contribution in [-0.2, 0) is 4.79 Å². The number of urea groups is 1. The van der Waals surface area contributed by atoms with Crippen LogP contribution in [0.1, 0.15) is 59.8 Å². The highest BCUT2D eigenvalue weighted by atomic mass is 16.4. The summed E-state index contributed by atoms with van der Waals surface area (Å²) in [7, 11) is 0. The van der Waals surface area contributed by atoms with Crippen LogP contribution in [0.5, 0.6) is 0 Å². The molecular weight excluding hydrogens is 268 g/mol. The van der Waals surface area contributed by atoms with Crippen molar-refractivity contribution in [3.63, 3.8) is 0 Å². The van der Waals surface area contributed by atoms with Gasteiger partial charge in [-0.2, -0.15) is 0 Å². The normalized spacial score (nSPS) is 17.8. The molecule has 1 fully saturated rings. The van der Waals surface area contributed by atoms with Gasteiger partial charge in [0.25, 0.3) is 0 Å². The van der Waals surface area contributed by atoms with Gasteiger partial charge in [0.15, 0.2) is 0 Å². The highest BCUT2D eigenvalue weighted by Crippen LogP contribution is 2.42. The van der Waals surface area contributed by atoms with Crippen LogP contribution < -0.4 is 10.6 Å². The zero-order chi connectivity index (χ0) is 16.1. The fourth-order valence-corrected chi connectivity index (χ4v) is 3.15. The Morgan fingerprint density at radius 3 is 2.24 bits per heavy atom. The fourth-order valence-electron chi connectivity index (χ4n) is 3.15. The maximum absolute atomic E-state index is 11.9. The van der Waals surface area contributed by atoms with Gasteiger partial charge in [-0.25, -0.2) is 4.79 Å². The molecule has 0 unspecified atom stereocenters. The maximum Gasteiger partial charge on any atom is 0.314 e. The van der Waals surface area contributed by atoms with Crippen molar-refractivity contribution in [2.45, 2.75) is 59.8 Å². The van der Waals surface area contributed by atoms with Gasteiger partial charge in [0.05, 0.1) is 5.41 Å². The second-order valence-electron chi connectivity index (χ2n) is 7.53. The van der Waals surface area contributed by atoms with E-state index in [-0.39, 0.29) is 18.0 Å². The van der Waals surface area contributed by atoms with Gasteiger partial charge in [0.1, 0.15) is 0 Å². The molecule has 0 heterocycles. The van der Waals surface area contributed by atoms with E-state index in [1.807, 2.05) is 0 Å². The standard InChI is InChI=1S/C16H30N2O3/c1-12(2)9-16(7-5-6-8-16)11-18-14(21)17-10-15(3,4)13(19)20/h12H,5-11H2,1-4H3,(H,19,20)(H2,17,18,21). The number of carbonyl (C=O) groups is 2. The molecule has 0 aromatic carbocycles. The predicted octanol–water partition coefficient (Wildman–Crippen LogP) is 3.00. The molecule has 1 aliphatic rings. The van der Waals surface area contributed by atoms with Crippen molar-refractivity contribution in [3.05, 3.63) is 0 Å². The molecular formula is C16H30N2O3. The first kappa shape index (κ1) is 17.8. The summed E-state index contributed by atoms with van der Waals surface area (Å²) < 4.78 is 0. The molecule has 0 atom stereocenters. The van der Waals surface area contributed by atoms with Crippen molar-refractivity contribution in [2.75, 3.05) is 13.1 Å². The van der Waals surface area contributed by atoms with E-state index in [4.69, 9.17) is 5.11 Å². The average Bonchev–Trinajstić information content (AvgIpc) is 2.82. The maximum atomic E-state index is 11.9. The topological polar surface area (TPSA) is 78.4 Å². The van der Waals surface area contributed by atoms with E-state index in [9.17, 15) is 9.59 Å². The first-order chi connectivity index (χ1) is 9.67. The van der Waals surface area contributed by atoms with Crippen LogP contribution in [0.2, 0.25) is 0 Å². The molecule has 5 heteroatoms. The number of nitrogens with one attached hydrogen (secondary N) is 2. The van der Waals surface area contributed by atoms with Crippen molar-refractivity contribution in [3.8, 4) is 0 Å². The number of carboxylic acids is 1. The summed E-state index contributed by atoms with van der Waals surface area (Å²) in [6, 6.07) is -0.264. The molecule has 0 radical (unpaired) electrons. The summed E-state index contributed by atoms with van der Waals surface area (Å²) >= 11 is 0. The summed E-state index contributed by atoms with van der Waals surface area (Å²) in [5.74, 6) is -0.284. The van der Waals surface area contributed by atoms with Crippen LogP contribution in [0.15, 0.2) is 0 Å². The van der Waals surface area contributed by atoms with Gasteiger partial charge in [-0.1, -0.05) is 26.7 Å². The van der Waals surface area contributed by atoms with E-state index >= 15 is 0 Å². The lowest BCUT2D eigenvalue weighted by Gasteiger charge is -2.31. The van der Waals surface area contributed by atoms with Crippen LogP contribution >= 0.6 is 0 Å². The lowest BCUT2D eigenvalue weighted by Crippen LogP contribution is -2.46. The Balaban J connectivity index is 2.42. The van der Waals surface area contributed by atoms with Crippen LogP contribution in [-0.4, -0.2) is 30.2 Å². The summed E-state index contributed by atoms with van der Waals surface area (Å²) in [4.78, 5) is 22.9. The monoisotopic (exact) mass is 298 g/mol. The molecule has 0 bridgehead atoms. The third kappa shape index (κ3) is 5.56. The molecule has 3 N–H and O–H groups in total. The number of carboxylic acid groups (broad SMARTS) is 1. The van der Waals surface area contributed by atoms with Crippen molar-refractivity contribution < 1.29 is 14.7 Å². The van der Waals surface area contributed by atoms with Crippen molar-refractivity contribution in [1.82, 2.24) is 10.6 Å². The van der Waals surface area contributed by atoms with Gasteiger partial charge in [-0.15, -0.1) is 0 Å². The minimum absolute atomic E-state index is 0.130. The molecule has 0 spiro atoms. The smallest absolute Gasteiger partial charge is 0.314 e. The molecule has 0 aromatic rings. The summed E-state index contributed by atoms with van der Waals surface area (Å²) in [5.41, 5.74) is -0.714. The highest BCUT2D eigenvalue weighted by Gasteiger charge is 2.35. The Hall–Kier alpha value is -1.26. The van der Waals surface area contributed by atoms with Gasteiger partial charge in [-0.05, 0) is 44.4 Å². The number of rotatable bonds is 7. The Kier molecular flexibility index (Phi) is 6.05. The zero-order valence-corrected chi connectivity index (χ0v) is 13.8. The van der Waals surface area contributed by atoms with E-state index in [0.717, 1.165) is 6.42 Å². The first-order valence-corrected chi connectivity index (χ1v) is 7.92. The molecule has 1 aliphatic carbocycles. The summed E-state index contributed by atoms with van der Waals surface area (Å²) in [6.45, 7) is 8.46. The first-order valence-electron chi connectivity index (χ1n) is 7.92. The van der Waals surface area contributed by atoms with Crippen molar-refractivity contribution >= 4 is 12.0 Å². The third-order valence-corrected chi connectivity index (χ3v) is 4.40. The Morgan fingerprint density at radius 1 is 1.19 bits per heavy atom. The summed E-state index contributed by atoms with van der Waals surface area (Å²) in [5, 5.41) is 14.6. The number of amides is 2. The Labute approximate surface area is 127 Å². The molecule has 2 amide bonds. The quantitative estimate of drug-likeness (QED) is 0.676. The summed E-state index contributed by atoms with van der Waals surface area (Å²) in [6.07, 6.45) is 5.95. The molecule has 5 nitrogen and oxygen atoms in total. The zero-order valence-electron chi connectivity index (χ0n) is 13.8. The van der Waals surface area contributed by atoms with Crippen LogP contribution in [0, 0.1) is 16.7 Å². The lowest BCUT2D eigenvalue weighted by molar-refractivity contribution is -0.146. The fraction of sp³-hybridized carbons (Fsp3) is 0.875.